The summed E-state index contributed by atoms with van der Waals surface area (Å²) < 4.78 is 7.45. The van der Waals surface area contributed by atoms with Gasteiger partial charge in [-0.25, -0.2) is 9.67 Å². The van der Waals surface area contributed by atoms with Crippen LogP contribution in [0, 0.1) is 6.92 Å². The molecule has 0 radical (unpaired) electrons. The summed E-state index contributed by atoms with van der Waals surface area (Å²) in [5.41, 5.74) is 4.45. The van der Waals surface area contributed by atoms with E-state index in [-0.39, 0.29) is 18.6 Å². The number of hydrogen-bond acceptors (Lipinski definition) is 4. The van der Waals surface area contributed by atoms with Crippen LogP contribution in [0.15, 0.2) is 55.1 Å². The molecule has 3 rings (SSSR count). The van der Waals surface area contributed by atoms with E-state index in [9.17, 15) is 4.79 Å². The van der Waals surface area contributed by atoms with Crippen molar-refractivity contribution in [3.05, 3.63) is 71.8 Å². The molecule has 0 saturated heterocycles. The molecule has 0 aliphatic carbocycles. The van der Waals surface area contributed by atoms with Gasteiger partial charge in [0, 0.05) is 7.05 Å². The molecule has 3 aromatic rings. The van der Waals surface area contributed by atoms with Gasteiger partial charge >= 0.3 is 0 Å². The average molecular weight is 393 g/mol. The van der Waals surface area contributed by atoms with Gasteiger partial charge in [-0.2, -0.15) is 5.10 Å². The molecule has 1 aromatic heterocycles. The molecule has 0 aliphatic heterocycles. The number of hydrogen-bond donors (Lipinski definition) is 0. The molecule has 2 aromatic carbocycles. The summed E-state index contributed by atoms with van der Waals surface area (Å²) in [4.78, 5) is 18.3. The summed E-state index contributed by atoms with van der Waals surface area (Å²) >= 11 is 0. The first-order valence-electron chi connectivity index (χ1n) is 9.80. The number of ether oxygens (including phenoxy) is 1. The van der Waals surface area contributed by atoms with Crippen molar-refractivity contribution in [1.82, 2.24) is 19.7 Å². The molecule has 0 fully saturated rings. The number of amides is 1. The topological polar surface area (TPSA) is 60.2 Å². The third kappa shape index (κ3) is 4.83. The van der Waals surface area contributed by atoms with Crippen LogP contribution in [0.25, 0.3) is 5.69 Å². The average Bonchev–Trinajstić information content (AvgIpc) is 3.25. The number of rotatable bonds is 7. The Labute approximate surface area is 172 Å². The molecule has 0 spiro atoms. The first-order valence-corrected chi connectivity index (χ1v) is 9.80. The Morgan fingerprint density at radius 2 is 1.86 bits per heavy atom. The van der Waals surface area contributed by atoms with Gasteiger partial charge < -0.3 is 9.64 Å². The largest absolute Gasteiger partial charge is 0.484 e. The second kappa shape index (κ2) is 8.90. The fourth-order valence-corrected chi connectivity index (χ4v) is 3.32. The lowest BCUT2D eigenvalue weighted by molar-refractivity contribution is -0.134. The van der Waals surface area contributed by atoms with Gasteiger partial charge in [0.2, 0.25) is 0 Å². The van der Waals surface area contributed by atoms with Crippen molar-refractivity contribution in [2.75, 3.05) is 13.7 Å². The maximum atomic E-state index is 12.6. The lowest BCUT2D eigenvalue weighted by Crippen LogP contribution is -2.33. The van der Waals surface area contributed by atoms with E-state index >= 15 is 0 Å². The van der Waals surface area contributed by atoms with Crippen LogP contribution in [0.1, 0.15) is 49.4 Å². The quantitative estimate of drug-likeness (QED) is 0.602. The number of carbonyl (C=O) groups excluding carboxylic acids is 1. The lowest BCUT2D eigenvalue weighted by Gasteiger charge is -2.25. The highest BCUT2D eigenvalue weighted by molar-refractivity contribution is 5.78. The van der Waals surface area contributed by atoms with Crippen LogP contribution in [0.5, 0.6) is 5.75 Å². The molecule has 1 atom stereocenters. The minimum atomic E-state index is -0.0686. The second-order valence-corrected chi connectivity index (χ2v) is 7.57. The van der Waals surface area contributed by atoms with Crippen molar-refractivity contribution < 1.29 is 9.53 Å². The second-order valence-electron chi connectivity index (χ2n) is 7.57. The molecule has 1 amide bonds. The first kappa shape index (κ1) is 20.6. The Kier molecular flexibility index (Phi) is 6.32. The summed E-state index contributed by atoms with van der Waals surface area (Å²) in [5, 5.41) is 4.12. The Balaban J connectivity index is 1.60. The summed E-state index contributed by atoms with van der Waals surface area (Å²) in [5.74, 6) is 1.12. The Bertz CT molecular complexity index is 950. The van der Waals surface area contributed by atoms with Gasteiger partial charge in [0.1, 0.15) is 18.4 Å². The van der Waals surface area contributed by atoms with E-state index in [0.717, 1.165) is 17.0 Å². The number of benzene rings is 2. The predicted octanol–water partition coefficient (Wildman–Crippen LogP) is 4.30. The normalized spacial score (nSPS) is 12.1. The van der Waals surface area contributed by atoms with Crippen LogP contribution in [0.4, 0.5) is 0 Å². The highest BCUT2D eigenvalue weighted by atomic mass is 16.5. The lowest BCUT2D eigenvalue weighted by atomic mass is 9.98. The van der Waals surface area contributed by atoms with Gasteiger partial charge in [0.25, 0.3) is 5.91 Å². The highest BCUT2D eigenvalue weighted by Crippen LogP contribution is 2.24. The van der Waals surface area contributed by atoms with E-state index in [4.69, 9.17) is 4.74 Å². The third-order valence-corrected chi connectivity index (χ3v) is 5.26. The smallest absolute Gasteiger partial charge is 0.260 e. The zero-order chi connectivity index (χ0) is 21.0. The van der Waals surface area contributed by atoms with Crippen LogP contribution < -0.4 is 4.74 Å². The molecule has 0 saturated carbocycles. The van der Waals surface area contributed by atoms with Crippen molar-refractivity contribution in [3.63, 3.8) is 0 Å². The number of likely N-dealkylation sites (N-methyl/N-ethyl adjacent to an activating group) is 1. The molecule has 6 nitrogen and oxygen atoms in total. The van der Waals surface area contributed by atoms with E-state index in [1.54, 1.807) is 23.0 Å². The number of aromatic nitrogens is 3. The highest BCUT2D eigenvalue weighted by Gasteiger charge is 2.18. The third-order valence-electron chi connectivity index (χ3n) is 5.26. The number of carbonyl (C=O) groups is 1. The fourth-order valence-electron chi connectivity index (χ4n) is 3.32. The molecule has 6 heteroatoms. The van der Waals surface area contributed by atoms with Gasteiger partial charge in [0.15, 0.2) is 6.61 Å². The van der Waals surface area contributed by atoms with Crippen molar-refractivity contribution in [3.8, 4) is 11.4 Å². The zero-order valence-electron chi connectivity index (χ0n) is 17.7. The summed E-state index contributed by atoms with van der Waals surface area (Å²) in [7, 11) is 1.80. The monoisotopic (exact) mass is 392 g/mol. The van der Waals surface area contributed by atoms with Crippen molar-refractivity contribution in [2.24, 2.45) is 0 Å². The maximum absolute atomic E-state index is 12.6. The van der Waals surface area contributed by atoms with Crippen molar-refractivity contribution in [2.45, 2.75) is 39.7 Å². The minimum Gasteiger partial charge on any atom is -0.484 e. The van der Waals surface area contributed by atoms with E-state index < -0.39 is 0 Å². The minimum absolute atomic E-state index is 0.0122. The number of nitrogens with zero attached hydrogens (tertiary/aromatic N) is 4. The number of aryl methyl sites for hydroxylation is 1. The molecule has 0 bridgehead atoms. The standard InChI is InChI=1S/C23H28N4O2/c1-16(2)22-11-10-21(12-17(22)3)29-13-23(28)26(5)18(4)19-6-8-20(9-7-19)27-15-24-14-25-27/h6-12,14-16,18H,13H2,1-5H3/t18-/m1/s1. The van der Waals surface area contributed by atoms with E-state index in [0.29, 0.717) is 5.92 Å². The van der Waals surface area contributed by atoms with Gasteiger partial charge in [0.05, 0.1) is 11.7 Å². The fraction of sp³-hybridized carbons (Fsp3) is 0.348. The SMILES string of the molecule is Cc1cc(OCC(=O)N(C)[C@H](C)c2ccc(-n3cncn3)cc2)ccc1C(C)C. The van der Waals surface area contributed by atoms with Crippen molar-refractivity contribution >= 4 is 5.91 Å². The van der Waals surface area contributed by atoms with Crippen LogP contribution in [-0.4, -0.2) is 39.2 Å². The van der Waals surface area contributed by atoms with Crippen LogP contribution in [0.2, 0.25) is 0 Å². The summed E-state index contributed by atoms with van der Waals surface area (Å²) in [6, 6.07) is 13.9. The van der Waals surface area contributed by atoms with Crippen LogP contribution in [-0.2, 0) is 4.79 Å². The van der Waals surface area contributed by atoms with E-state index in [1.807, 2.05) is 43.3 Å². The molecular weight excluding hydrogens is 364 g/mol. The molecule has 0 aliphatic rings. The van der Waals surface area contributed by atoms with Gasteiger partial charge in [-0.3, -0.25) is 4.79 Å². The van der Waals surface area contributed by atoms with Crippen LogP contribution >= 0.6 is 0 Å². The Hall–Kier alpha value is -3.15. The zero-order valence-corrected chi connectivity index (χ0v) is 17.7. The molecule has 0 unspecified atom stereocenters. The van der Waals surface area contributed by atoms with Gasteiger partial charge in [-0.1, -0.05) is 32.0 Å². The molecule has 1 heterocycles. The molecular formula is C23H28N4O2. The first-order chi connectivity index (χ1) is 13.9. The van der Waals surface area contributed by atoms with Crippen LogP contribution in [0.3, 0.4) is 0 Å². The predicted molar refractivity (Wildman–Crippen MR) is 113 cm³/mol. The molecule has 29 heavy (non-hydrogen) atoms. The molecule has 0 N–H and O–H groups in total. The summed E-state index contributed by atoms with van der Waals surface area (Å²) in [6.07, 6.45) is 3.15. The Morgan fingerprint density at radius 3 is 2.45 bits per heavy atom. The van der Waals surface area contributed by atoms with Gasteiger partial charge in [-0.05, 0) is 60.7 Å². The van der Waals surface area contributed by atoms with Gasteiger partial charge in [-0.15, -0.1) is 0 Å². The Morgan fingerprint density at radius 1 is 1.14 bits per heavy atom. The van der Waals surface area contributed by atoms with E-state index in [2.05, 4.69) is 36.9 Å². The maximum Gasteiger partial charge on any atom is 0.260 e. The van der Waals surface area contributed by atoms with Crippen molar-refractivity contribution in [1.29, 1.82) is 0 Å². The molecule has 152 valence electrons. The van der Waals surface area contributed by atoms with E-state index in [1.165, 1.54) is 17.5 Å². The summed E-state index contributed by atoms with van der Waals surface area (Å²) in [6.45, 7) is 8.42.